The SMILES string of the molecule is O=S(=O)(c1ccc(Br)cc1Cl)C1CCN(c2nc(-c3ccc(Cl)c(Cl)c3)cs2)CC1. The fraction of sp³-hybridized carbons (Fsp3) is 0.250. The molecule has 0 atom stereocenters. The maximum Gasteiger partial charge on any atom is 0.185 e. The summed E-state index contributed by atoms with van der Waals surface area (Å²) in [6.07, 6.45) is 1.05. The van der Waals surface area contributed by atoms with E-state index in [1.807, 2.05) is 11.4 Å². The molecule has 2 aromatic carbocycles. The number of aromatic nitrogens is 1. The maximum atomic E-state index is 13.1. The zero-order valence-electron chi connectivity index (χ0n) is 15.5. The van der Waals surface area contributed by atoms with Crippen LogP contribution in [-0.2, 0) is 9.84 Å². The second-order valence-corrected chi connectivity index (χ2v) is 12.1. The molecule has 1 aromatic heterocycles. The van der Waals surface area contributed by atoms with Crippen LogP contribution in [0.2, 0.25) is 15.1 Å². The summed E-state index contributed by atoms with van der Waals surface area (Å²) in [5, 5.41) is 3.62. The van der Waals surface area contributed by atoms with Gasteiger partial charge in [0.15, 0.2) is 15.0 Å². The molecule has 1 fully saturated rings. The summed E-state index contributed by atoms with van der Waals surface area (Å²) in [5.41, 5.74) is 1.72. The molecule has 0 unspecified atom stereocenters. The van der Waals surface area contributed by atoms with E-state index in [9.17, 15) is 8.42 Å². The molecule has 0 N–H and O–H groups in total. The van der Waals surface area contributed by atoms with Crippen LogP contribution in [0.1, 0.15) is 12.8 Å². The minimum absolute atomic E-state index is 0.196. The number of benzene rings is 2. The molecule has 4 rings (SSSR count). The Kier molecular flexibility index (Phi) is 6.68. The number of hydrogen-bond acceptors (Lipinski definition) is 5. The molecule has 0 radical (unpaired) electrons. The van der Waals surface area contributed by atoms with Gasteiger partial charge in [0.05, 0.1) is 30.9 Å². The normalized spacial score (nSPS) is 15.5. The van der Waals surface area contributed by atoms with Crippen molar-refractivity contribution in [2.24, 2.45) is 0 Å². The first kappa shape index (κ1) is 22.4. The lowest BCUT2D eigenvalue weighted by molar-refractivity contribution is 0.529. The number of piperidine rings is 1. The number of anilines is 1. The van der Waals surface area contributed by atoms with E-state index >= 15 is 0 Å². The third kappa shape index (κ3) is 4.52. The first-order chi connectivity index (χ1) is 14.3. The Balaban J connectivity index is 1.47. The number of nitrogens with zero attached hydrogens (tertiary/aromatic N) is 2. The zero-order valence-corrected chi connectivity index (χ0v) is 21.0. The van der Waals surface area contributed by atoms with Crippen LogP contribution in [0.15, 0.2) is 51.1 Å². The highest BCUT2D eigenvalue weighted by atomic mass is 79.9. The molecule has 4 nitrogen and oxygen atoms in total. The molecule has 158 valence electrons. The van der Waals surface area contributed by atoms with Crippen molar-refractivity contribution in [1.82, 2.24) is 4.98 Å². The van der Waals surface area contributed by atoms with Crippen LogP contribution < -0.4 is 4.90 Å². The minimum atomic E-state index is -3.49. The van der Waals surface area contributed by atoms with E-state index in [1.165, 1.54) is 11.3 Å². The van der Waals surface area contributed by atoms with Crippen LogP contribution in [0.5, 0.6) is 0 Å². The molecule has 0 saturated carbocycles. The lowest BCUT2D eigenvalue weighted by Crippen LogP contribution is -2.39. The van der Waals surface area contributed by atoms with Gasteiger partial charge in [0, 0.05) is 28.5 Å². The van der Waals surface area contributed by atoms with Gasteiger partial charge in [-0.1, -0.05) is 56.8 Å². The highest BCUT2D eigenvalue weighted by Gasteiger charge is 2.33. The molecule has 10 heteroatoms. The van der Waals surface area contributed by atoms with Gasteiger partial charge < -0.3 is 4.90 Å². The van der Waals surface area contributed by atoms with Crippen molar-refractivity contribution in [3.63, 3.8) is 0 Å². The topological polar surface area (TPSA) is 50.3 Å². The molecule has 30 heavy (non-hydrogen) atoms. The maximum absolute atomic E-state index is 13.1. The summed E-state index contributed by atoms with van der Waals surface area (Å²) < 4.78 is 26.9. The molecular formula is C20H16BrCl3N2O2S2. The van der Waals surface area contributed by atoms with E-state index in [0.29, 0.717) is 36.0 Å². The monoisotopic (exact) mass is 564 g/mol. The Bertz CT molecular complexity index is 1190. The van der Waals surface area contributed by atoms with Gasteiger partial charge in [0.2, 0.25) is 0 Å². The molecule has 3 aromatic rings. The Morgan fingerprint density at radius 2 is 1.73 bits per heavy atom. The molecule has 1 aliphatic heterocycles. The fourth-order valence-corrected chi connectivity index (χ4v) is 7.40. The second-order valence-electron chi connectivity index (χ2n) is 6.95. The molecule has 1 aliphatic rings. The number of hydrogen-bond donors (Lipinski definition) is 0. The van der Waals surface area contributed by atoms with E-state index in [0.717, 1.165) is 20.9 Å². The summed E-state index contributed by atoms with van der Waals surface area (Å²) in [7, 11) is -3.49. The largest absolute Gasteiger partial charge is 0.348 e. The van der Waals surface area contributed by atoms with Crippen LogP contribution in [0, 0.1) is 0 Å². The highest BCUT2D eigenvalue weighted by Crippen LogP contribution is 2.35. The third-order valence-corrected chi connectivity index (χ3v) is 9.94. The summed E-state index contributed by atoms with van der Waals surface area (Å²) >= 11 is 23.1. The molecule has 2 heterocycles. The second kappa shape index (κ2) is 8.96. The summed E-state index contributed by atoms with van der Waals surface area (Å²) in [4.78, 5) is 7.03. The van der Waals surface area contributed by atoms with Crippen LogP contribution in [0.25, 0.3) is 11.3 Å². The van der Waals surface area contributed by atoms with Gasteiger partial charge >= 0.3 is 0 Å². The Morgan fingerprint density at radius 3 is 2.40 bits per heavy atom. The van der Waals surface area contributed by atoms with Crippen molar-refractivity contribution in [2.75, 3.05) is 18.0 Å². The summed E-state index contributed by atoms with van der Waals surface area (Å²) in [5.74, 6) is 0. The third-order valence-electron chi connectivity index (χ3n) is 5.06. The van der Waals surface area contributed by atoms with Crippen molar-refractivity contribution in [3.8, 4) is 11.3 Å². The van der Waals surface area contributed by atoms with E-state index in [-0.39, 0.29) is 9.92 Å². The lowest BCUT2D eigenvalue weighted by atomic mass is 10.1. The van der Waals surface area contributed by atoms with Gasteiger partial charge in [-0.3, -0.25) is 0 Å². The standard InChI is InChI=1S/C20H16BrCl3N2O2S2/c21-13-2-4-19(17(24)10-13)30(27,28)14-5-7-26(8-6-14)20-25-18(11-29-20)12-1-3-15(22)16(23)9-12/h1-4,9-11,14H,5-8H2. The first-order valence-corrected chi connectivity index (χ1v) is 13.5. The van der Waals surface area contributed by atoms with E-state index in [2.05, 4.69) is 20.8 Å². The smallest absolute Gasteiger partial charge is 0.185 e. The van der Waals surface area contributed by atoms with Crippen molar-refractivity contribution < 1.29 is 8.42 Å². The van der Waals surface area contributed by atoms with Gasteiger partial charge in [-0.2, -0.15) is 0 Å². The van der Waals surface area contributed by atoms with E-state index in [4.69, 9.17) is 39.8 Å². The van der Waals surface area contributed by atoms with Crippen molar-refractivity contribution in [3.05, 3.63) is 61.3 Å². The molecule has 0 amide bonds. The van der Waals surface area contributed by atoms with E-state index < -0.39 is 15.1 Å². The number of sulfone groups is 1. The average Bonchev–Trinajstić information content (AvgIpc) is 3.20. The quantitative estimate of drug-likeness (QED) is 0.342. The summed E-state index contributed by atoms with van der Waals surface area (Å²) in [6, 6.07) is 10.3. The van der Waals surface area contributed by atoms with Crippen LogP contribution in [0.4, 0.5) is 5.13 Å². The molecule has 0 aliphatic carbocycles. The molecule has 0 spiro atoms. The van der Waals surface area contributed by atoms with Gasteiger partial charge in [-0.25, -0.2) is 13.4 Å². The van der Waals surface area contributed by atoms with Crippen LogP contribution >= 0.6 is 62.1 Å². The van der Waals surface area contributed by atoms with Crippen LogP contribution in [-0.4, -0.2) is 31.7 Å². The number of rotatable bonds is 4. The predicted octanol–water partition coefficient (Wildman–Crippen LogP) is 6.98. The fourth-order valence-electron chi connectivity index (χ4n) is 3.44. The van der Waals surface area contributed by atoms with Crippen LogP contribution in [0.3, 0.4) is 0 Å². The molecule has 0 bridgehead atoms. The van der Waals surface area contributed by atoms with Gasteiger partial charge in [0.1, 0.15) is 0 Å². The summed E-state index contributed by atoms with van der Waals surface area (Å²) in [6.45, 7) is 1.23. The van der Waals surface area contributed by atoms with Crippen molar-refractivity contribution >= 4 is 77.0 Å². The lowest BCUT2D eigenvalue weighted by Gasteiger charge is -2.31. The minimum Gasteiger partial charge on any atom is -0.348 e. The number of halogens is 4. The zero-order chi connectivity index (χ0) is 21.5. The predicted molar refractivity (Wildman–Crippen MR) is 129 cm³/mol. The Labute approximate surface area is 202 Å². The highest BCUT2D eigenvalue weighted by molar-refractivity contribution is 9.10. The Hall–Kier alpha value is -0.830. The van der Waals surface area contributed by atoms with Gasteiger partial charge in [-0.15, -0.1) is 11.3 Å². The van der Waals surface area contributed by atoms with Crippen molar-refractivity contribution in [2.45, 2.75) is 23.0 Å². The first-order valence-electron chi connectivity index (χ1n) is 9.10. The van der Waals surface area contributed by atoms with E-state index in [1.54, 1.807) is 30.3 Å². The Morgan fingerprint density at radius 1 is 1.00 bits per heavy atom. The van der Waals surface area contributed by atoms with Gasteiger partial charge in [0.25, 0.3) is 0 Å². The van der Waals surface area contributed by atoms with Gasteiger partial charge in [-0.05, 0) is 43.2 Å². The van der Waals surface area contributed by atoms with Crippen molar-refractivity contribution in [1.29, 1.82) is 0 Å². The molecular weight excluding hydrogens is 551 g/mol. The average molecular weight is 567 g/mol. The molecule has 1 saturated heterocycles. The number of thiazole rings is 1.